The van der Waals surface area contributed by atoms with Crippen LogP contribution in [-0.4, -0.2) is 26.5 Å². The zero-order chi connectivity index (χ0) is 20.0. The molecule has 0 heterocycles. The lowest BCUT2D eigenvalue weighted by Crippen LogP contribution is -2.35. The molecule has 0 unspecified atom stereocenters. The summed E-state index contributed by atoms with van der Waals surface area (Å²) >= 11 is 0. The van der Waals surface area contributed by atoms with E-state index in [1.54, 1.807) is 30.5 Å². The Labute approximate surface area is 156 Å². The van der Waals surface area contributed by atoms with Gasteiger partial charge in [-0.3, -0.25) is 10.1 Å². The molecule has 0 spiro atoms. The minimum absolute atomic E-state index is 0.387. The summed E-state index contributed by atoms with van der Waals surface area (Å²) < 4.78 is 32.5. The molecule has 0 aromatic heterocycles. The van der Waals surface area contributed by atoms with Gasteiger partial charge < -0.3 is 9.84 Å². The maximum absolute atomic E-state index is 13.5. The van der Waals surface area contributed by atoms with Gasteiger partial charge in [-0.05, 0) is 49.5 Å². The van der Waals surface area contributed by atoms with Gasteiger partial charge in [0.2, 0.25) is 0 Å². The molecule has 2 N–H and O–H groups in total. The number of urea groups is 1. The lowest BCUT2D eigenvalue weighted by Gasteiger charge is -2.12. The van der Waals surface area contributed by atoms with E-state index < -0.39 is 37.5 Å². The maximum atomic E-state index is 13.5. The molecule has 0 aliphatic carbocycles. The van der Waals surface area contributed by atoms with E-state index in [0.29, 0.717) is 5.69 Å². The fourth-order valence-corrected chi connectivity index (χ4v) is 2.31. The molecule has 0 aliphatic rings. The lowest BCUT2D eigenvalue weighted by molar-refractivity contribution is 0.0959. The van der Waals surface area contributed by atoms with Crippen molar-refractivity contribution in [1.82, 2.24) is 5.32 Å². The molecule has 0 saturated carbocycles. The van der Waals surface area contributed by atoms with Crippen LogP contribution in [0, 0.1) is 11.6 Å². The standard InChI is InChI=1S/C18H19F2N3O3Si/c1-27(2,3)26-21-11-12-7-9-13(10-8-12)22-18(25)23-17(24)16-14(19)5-4-6-15(16)20/h4-11H,1-3H3,(H2,22,23,24,25)/b21-11+. The molecular formula is C18H19F2N3O3Si. The smallest absolute Gasteiger partial charge is 0.326 e. The van der Waals surface area contributed by atoms with Crippen LogP contribution in [0.15, 0.2) is 47.6 Å². The number of anilines is 1. The number of amides is 3. The van der Waals surface area contributed by atoms with Gasteiger partial charge in [0.15, 0.2) is 0 Å². The van der Waals surface area contributed by atoms with Crippen LogP contribution in [0.2, 0.25) is 19.6 Å². The van der Waals surface area contributed by atoms with E-state index >= 15 is 0 Å². The topological polar surface area (TPSA) is 79.8 Å². The second kappa shape index (κ2) is 8.54. The largest absolute Gasteiger partial charge is 0.456 e. The third kappa shape index (κ3) is 6.30. The molecule has 0 aliphatic heterocycles. The third-order valence-corrected chi connectivity index (χ3v) is 3.77. The minimum Gasteiger partial charge on any atom is -0.456 e. The highest BCUT2D eigenvalue weighted by Crippen LogP contribution is 2.12. The normalized spacial score (nSPS) is 11.3. The molecule has 0 saturated heterocycles. The van der Waals surface area contributed by atoms with Gasteiger partial charge in [0.05, 0.1) is 6.21 Å². The van der Waals surface area contributed by atoms with Crippen LogP contribution in [0.3, 0.4) is 0 Å². The highest BCUT2D eigenvalue weighted by atomic mass is 28.4. The molecule has 2 aromatic rings. The van der Waals surface area contributed by atoms with Crippen molar-refractivity contribution in [3.05, 3.63) is 65.2 Å². The van der Waals surface area contributed by atoms with E-state index in [2.05, 4.69) is 10.5 Å². The number of rotatable bonds is 5. The monoisotopic (exact) mass is 391 g/mol. The van der Waals surface area contributed by atoms with Crippen molar-refractivity contribution in [2.45, 2.75) is 19.6 Å². The van der Waals surface area contributed by atoms with E-state index in [-0.39, 0.29) is 0 Å². The van der Waals surface area contributed by atoms with Crippen molar-refractivity contribution in [2.24, 2.45) is 5.16 Å². The zero-order valence-electron chi connectivity index (χ0n) is 15.0. The fourth-order valence-electron chi connectivity index (χ4n) is 1.94. The van der Waals surface area contributed by atoms with Crippen LogP contribution in [0.1, 0.15) is 15.9 Å². The Morgan fingerprint density at radius 1 is 1.04 bits per heavy atom. The number of halogens is 2. The Hall–Kier alpha value is -3.07. The van der Waals surface area contributed by atoms with Gasteiger partial charge in [-0.2, -0.15) is 0 Å². The van der Waals surface area contributed by atoms with Crippen molar-refractivity contribution in [3.8, 4) is 0 Å². The Bertz CT molecular complexity index is 845. The molecule has 0 fully saturated rings. The molecule has 2 rings (SSSR count). The Morgan fingerprint density at radius 3 is 2.19 bits per heavy atom. The van der Waals surface area contributed by atoms with Crippen molar-refractivity contribution < 1.29 is 22.9 Å². The molecule has 0 bridgehead atoms. The first-order chi connectivity index (χ1) is 12.7. The van der Waals surface area contributed by atoms with Crippen LogP contribution < -0.4 is 10.6 Å². The van der Waals surface area contributed by atoms with Gasteiger partial charge in [0.1, 0.15) is 17.2 Å². The quantitative estimate of drug-likeness (QED) is 0.457. The molecule has 142 valence electrons. The predicted molar refractivity (Wildman–Crippen MR) is 101 cm³/mol. The van der Waals surface area contributed by atoms with Crippen LogP contribution in [-0.2, 0) is 4.53 Å². The van der Waals surface area contributed by atoms with E-state index in [4.69, 9.17) is 4.53 Å². The van der Waals surface area contributed by atoms with E-state index in [1.807, 2.05) is 25.0 Å². The first-order valence-electron chi connectivity index (χ1n) is 8.04. The molecule has 0 atom stereocenters. The Balaban J connectivity index is 1.95. The summed E-state index contributed by atoms with van der Waals surface area (Å²) in [6, 6.07) is 8.63. The van der Waals surface area contributed by atoms with Gasteiger partial charge in [-0.15, -0.1) is 5.16 Å². The number of benzene rings is 2. The number of carbonyl (C=O) groups excluding carboxylic acids is 2. The van der Waals surface area contributed by atoms with E-state index in [0.717, 1.165) is 23.8 Å². The first-order valence-corrected chi connectivity index (χ1v) is 11.4. The summed E-state index contributed by atoms with van der Waals surface area (Å²) in [5, 5.41) is 8.20. The number of oxime groups is 1. The first kappa shape index (κ1) is 20.2. The van der Waals surface area contributed by atoms with Crippen molar-refractivity contribution in [3.63, 3.8) is 0 Å². The maximum Gasteiger partial charge on any atom is 0.326 e. The Morgan fingerprint density at radius 2 is 1.63 bits per heavy atom. The number of nitrogens with one attached hydrogen (secondary N) is 2. The number of carbonyl (C=O) groups is 2. The van der Waals surface area contributed by atoms with Crippen LogP contribution in [0.5, 0.6) is 0 Å². The second-order valence-corrected chi connectivity index (χ2v) is 11.0. The molecule has 3 amide bonds. The summed E-state index contributed by atoms with van der Waals surface area (Å²) in [4.78, 5) is 23.7. The van der Waals surface area contributed by atoms with Crippen molar-refractivity contribution in [2.75, 3.05) is 5.32 Å². The van der Waals surface area contributed by atoms with E-state index in [9.17, 15) is 18.4 Å². The van der Waals surface area contributed by atoms with Gasteiger partial charge in [0, 0.05) is 5.69 Å². The minimum atomic E-state index is -1.74. The molecule has 6 nitrogen and oxygen atoms in total. The number of nitrogens with zero attached hydrogens (tertiary/aromatic N) is 1. The van der Waals surface area contributed by atoms with Gasteiger partial charge in [-0.25, -0.2) is 13.6 Å². The summed E-state index contributed by atoms with van der Waals surface area (Å²) in [5.74, 6) is -3.27. The van der Waals surface area contributed by atoms with Gasteiger partial charge >= 0.3 is 6.03 Å². The molecule has 0 radical (unpaired) electrons. The summed E-state index contributed by atoms with van der Waals surface area (Å²) in [7, 11) is -1.74. The lowest BCUT2D eigenvalue weighted by atomic mass is 10.2. The predicted octanol–water partition coefficient (Wildman–Crippen LogP) is 4.11. The van der Waals surface area contributed by atoms with Crippen molar-refractivity contribution in [1.29, 1.82) is 0 Å². The number of hydrogen-bond acceptors (Lipinski definition) is 4. The van der Waals surface area contributed by atoms with Crippen LogP contribution in [0.25, 0.3) is 0 Å². The molecular weight excluding hydrogens is 372 g/mol. The highest BCUT2D eigenvalue weighted by molar-refractivity contribution is 6.69. The third-order valence-electron chi connectivity index (χ3n) is 3.11. The van der Waals surface area contributed by atoms with Crippen LogP contribution >= 0.6 is 0 Å². The zero-order valence-corrected chi connectivity index (χ0v) is 16.0. The average molecular weight is 391 g/mol. The summed E-state index contributed by atoms with van der Waals surface area (Å²) in [5.41, 5.74) is 0.322. The molecule has 27 heavy (non-hydrogen) atoms. The fraction of sp³-hybridized carbons (Fsp3) is 0.167. The molecule has 9 heteroatoms. The number of imide groups is 1. The Kier molecular flexibility index (Phi) is 6.40. The second-order valence-electron chi connectivity index (χ2n) is 6.57. The SMILES string of the molecule is C[Si](C)(C)O/N=C/c1ccc(NC(=O)NC(=O)c2c(F)cccc2F)cc1. The average Bonchev–Trinajstić information content (AvgIpc) is 2.55. The van der Waals surface area contributed by atoms with Gasteiger partial charge in [-0.1, -0.05) is 18.2 Å². The highest BCUT2D eigenvalue weighted by Gasteiger charge is 2.19. The van der Waals surface area contributed by atoms with Crippen molar-refractivity contribution >= 4 is 32.2 Å². The number of hydrogen-bond donors (Lipinski definition) is 2. The van der Waals surface area contributed by atoms with Gasteiger partial charge in [0.25, 0.3) is 14.2 Å². The van der Waals surface area contributed by atoms with E-state index in [1.165, 1.54) is 0 Å². The van der Waals surface area contributed by atoms with Crippen LogP contribution in [0.4, 0.5) is 19.3 Å². The summed E-state index contributed by atoms with van der Waals surface area (Å²) in [6.45, 7) is 6.01. The molecule has 2 aromatic carbocycles. The summed E-state index contributed by atoms with van der Waals surface area (Å²) in [6.07, 6.45) is 1.55.